The van der Waals surface area contributed by atoms with Crippen molar-refractivity contribution in [3.05, 3.63) is 18.0 Å². The van der Waals surface area contributed by atoms with Crippen LogP contribution in [0.4, 0.5) is 8.78 Å². The minimum Gasteiger partial charge on any atom is -0.289 e. The summed E-state index contributed by atoms with van der Waals surface area (Å²) < 4.78 is 27.4. The maximum Gasteiger partial charge on any atom is 0.253 e. The molecule has 0 bridgehead atoms. The van der Waals surface area contributed by atoms with Crippen LogP contribution in [0.2, 0.25) is 0 Å². The van der Waals surface area contributed by atoms with Crippen LogP contribution in [-0.4, -0.2) is 33.7 Å². The number of hydrogen-bond acceptors (Lipinski definition) is 2. The first-order valence-corrected chi connectivity index (χ1v) is 5.67. The van der Waals surface area contributed by atoms with Crippen LogP contribution in [0.3, 0.4) is 0 Å². The third-order valence-electron chi connectivity index (χ3n) is 3.24. The van der Waals surface area contributed by atoms with E-state index in [2.05, 4.69) is 5.10 Å². The van der Waals surface area contributed by atoms with Gasteiger partial charge in [0.15, 0.2) is 0 Å². The standard InChI is InChI=1S/C11H17F2N3/c1-15-9(5-6-14-15)8-16-7-3-2-4-10(16)11(12)13/h5-6,10-11H,2-4,7-8H2,1H3/t10-/m0/s1. The molecule has 0 unspecified atom stereocenters. The quantitative estimate of drug-likeness (QED) is 0.791. The summed E-state index contributed by atoms with van der Waals surface area (Å²) >= 11 is 0. The Balaban J connectivity index is 2.04. The van der Waals surface area contributed by atoms with E-state index in [0.717, 1.165) is 25.1 Å². The fourth-order valence-electron chi connectivity index (χ4n) is 2.26. The summed E-state index contributed by atoms with van der Waals surface area (Å²) in [7, 11) is 1.84. The Bertz CT molecular complexity index is 338. The highest BCUT2D eigenvalue weighted by molar-refractivity contribution is 5.00. The van der Waals surface area contributed by atoms with Crippen LogP contribution in [0, 0.1) is 0 Å². The molecule has 5 heteroatoms. The lowest BCUT2D eigenvalue weighted by molar-refractivity contribution is -0.000864. The number of alkyl halides is 2. The van der Waals surface area contributed by atoms with Crippen LogP contribution in [0.15, 0.2) is 12.3 Å². The lowest BCUT2D eigenvalue weighted by atomic mass is 10.0. The van der Waals surface area contributed by atoms with E-state index in [1.807, 2.05) is 18.0 Å². The molecule has 1 aliphatic heterocycles. The van der Waals surface area contributed by atoms with Gasteiger partial charge in [0, 0.05) is 19.8 Å². The molecule has 2 heterocycles. The van der Waals surface area contributed by atoms with Crippen molar-refractivity contribution in [2.24, 2.45) is 7.05 Å². The Labute approximate surface area is 94.0 Å². The Morgan fingerprint density at radius 2 is 2.31 bits per heavy atom. The third kappa shape index (κ3) is 2.40. The Kier molecular flexibility index (Phi) is 3.53. The van der Waals surface area contributed by atoms with Crippen molar-refractivity contribution < 1.29 is 8.78 Å². The zero-order chi connectivity index (χ0) is 11.5. The van der Waals surface area contributed by atoms with Crippen molar-refractivity contribution >= 4 is 0 Å². The molecule has 16 heavy (non-hydrogen) atoms. The maximum absolute atomic E-state index is 12.8. The minimum atomic E-state index is -2.24. The van der Waals surface area contributed by atoms with E-state index >= 15 is 0 Å². The molecule has 1 saturated heterocycles. The van der Waals surface area contributed by atoms with Gasteiger partial charge in [0.2, 0.25) is 0 Å². The predicted octanol–water partition coefficient (Wildman–Crippen LogP) is 2.04. The van der Waals surface area contributed by atoms with E-state index in [1.54, 1.807) is 10.9 Å². The summed E-state index contributed by atoms with van der Waals surface area (Å²) in [6.07, 6.45) is 2.00. The molecule has 3 nitrogen and oxygen atoms in total. The SMILES string of the molecule is Cn1nccc1CN1CCCC[C@H]1C(F)F. The molecule has 0 N–H and O–H groups in total. The molecule has 0 spiro atoms. The van der Waals surface area contributed by atoms with Gasteiger partial charge in [-0.05, 0) is 25.5 Å². The van der Waals surface area contributed by atoms with Crippen molar-refractivity contribution in [3.8, 4) is 0 Å². The molecule has 0 aromatic carbocycles. The average Bonchev–Trinajstić information content (AvgIpc) is 2.65. The van der Waals surface area contributed by atoms with E-state index in [1.165, 1.54) is 0 Å². The molecule has 1 atom stereocenters. The zero-order valence-electron chi connectivity index (χ0n) is 9.44. The largest absolute Gasteiger partial charge is 0.289 e. The number of rotatable bonds is 3. The minimum absolute atomic E-state index is 0.575. The summed E-state index contributed by atoms with van der Waals surface area (Å²) in [6, 6.07) is 1.31. The van der Waals surface area contributed by atoms with Gasteiger partial charge in [-0.1, -0.05) is 6.42 Å². The number of aryl methyl sites for hydroxylation is 1. The molecule has 1 aliphatic rings. The number of nitrogens with zero attached hydrogens (tertiary/aromatic N) is 3. The monoisotopic (exact) mass is 229 g/mol. The van der Waals surface area contributed by atoms with Crippen molar-refractivity contribution in [2.45, 2.75) is 38.3 Å². The van der Waals surface area contributed by atoms with Crippen molar-refractivity contribution in [3.63, 3.8) is 0 Å². The molecule has 90 valence electrons. The lowest BCUT2D eigenvalue weighted by Gasteiger charge is -2.34. The Hall–Kier alpha value is -0.970. The van der Waals surface area contributed by atoms with E-state index < -0.39 is 12.5 Å². The molecule has 1 fully saturated rings. The molecule has 2 rings (SSSR count). The van der Waals surface area contributed by atoms with E-state index in [9.17, 15) is 8.78 Å². The number of aromatic nitrogens is 2. The van der Waals surface area contributed by atoms with Gasteiger partial charge >= 0.3 is 0 Å². The maximum atomic E-state index is 12.8. The molecule has 0 radical (unpaired) electrons. The fraction of sp³-hybridized carbons (Fsp3) is 0.727. The average molecular weight is 229 g/mol. The highest BCUT2D eigenvalue weighted by Gasteiger charge is 2.30. The fourth-order valence-corrected chi connectivity index (χ4v) is 2.26. The number of halogens is 2. The second-order valence-corrected chi connectivity index (χ2v) is 4.31. The molecule has 0 amide bonds. The smallest absolute Gasteiger partial charge is 0.253 e. The summed E-state index contributed by atoms with van der Waals surface area (Å²) in [5, 5.41) is 4.05. The topological polar surface area (TPSA) is 21.1 Å². The lowest BCUT2D eigenvalue weighted by Crippen LogP contribution is -2.43. The Morgan fingerprint density at radius 3 is 2.94 bits per heavy atom. The van der Waals surface area contributed by atoms with Crippen LogP contribution >= 0.6 is 0 Å². The van der Waals surface area contributed by atoms with Gasteiger partial charge in [0.1, 0.15) is 0 Å². The summed E-state index contributed by atoms with van der Waals surface area (Å²) in [5.74, 6) is 0. The number of likely N-dealkylation sites (tertiary alicyclic amines) is 1. The second kappa shape index (κ2) is 4.91. The van der Waals surface area contributed by atoms with Crippen molar-refractivity contribution in [1.29, 1.82) is 0 Å². The van der Waals surface area contributed by atoms with Gasteiger partial charge in [-0.3, -0.25) is 9.58 Å². The van der Waals surface area contributed by atoms with E-state index in [-0.39, 0.29) is 0 Å². The van der Waals surface area contributed by atoms with E-state index in [4.69, 9.17) is 0 Å². The first kappa shape index (κ1) is 11.5. The van der Waals surface area contributed by atoms with Crippen LogP contribution < -0.4 is 0 Å². The van der Waals surface area contributed by atoms with Gasteiger partial charge in [-0.2, -0.15) is 5.10 Å². The van der Waals surface area contributed by atoms with Crippen LogP contribution in [0.5, 0.6) is 0 Å². The molecule has 1 aromatic heterocycles. The van der Waals surface area contributed by atoms with Gasteiger partial charge in [0.05, 0.1) is 11.7 Å². The van der Waals surface area contributed by atoms with Gasteiger partial charge < -0.3 is 0 Å². The van der Waals surface area contributed by atoms with Crippen LogP contribution in [0.1, 0.15) is 25.0 Å². The van der Waals surface area contributed by atoms with Gasteiger partial charge in [0.25, 0.3) is 6.43 Å². The van der Waals surface area contributed by atoms with Crippen LogP contribution in [-0.2, 0) is 13.6 Å². The normalized spacial score (nSPS) is 22.9. The molecule has 1 aromatic rings. The predicted molar refractivity (Wildman–Crippen MR) is 57.3 cm³/mol. The van der Waals surface area contributed by atoms with Crippen LogP contribution in [0.25, 0.3) is 0 Å². The Morgan fingerprint density at radius 1 is 1.50 bits per heavy atom. The first-order chi connectivity index (χ1) is 7.68. The van der Waals surface area contributed by atoms with E-state index in [0.29, 0.717) is 13.0 Å². The molecular formula is C11H17F2N3. The van der Waals surface area contributed by atoms with Crippen molar-refractivity contribution in [2.75, 3.05) is 6.54 Å². The second-order valence-electron chi connectivity index (χ2n) is 4.31. The molecule has 0 saturated carbocycles. The number of piperidine rings is 1. The first-order valence-electron chi connectivity index (χ1n) is 5.67. The van der Waals surface area contributed by atoms with Gasteiger partial charge in [-0.25, -0.2) is 8.78 Å². The summed E-state index contributed by atoms with van der Waals surface area (Å²) in [4.78, 5) is 1.88. The molecule has 0 aliphatic carbocycles. The third-order valence-corrected chi connectivity index (χ3v) is 3.24. The molecular weight excluding hydrogens is 212 g/mol. The van der Waals surface area contributed by atoms with Gasteiger partial charge in [-0.15, -0.1) is 0 Å². The zero-order valence-corrected chi connectivity index (χ0v) is 9.44. The highest BCUT2D eigenvalue weighted by Crippen LogP contribution is 2.23. The summed E-state index contributed by atoms with van der Waals surface area (Å²) in [6.45, 7) is 1.34. The van der Waals surface area contributed by atoms with Crippen molar-refractivity contribution in [1.82, 2.24) is 14.7 Å². The number of hydrogen-bond donors (Lipinski definition) is 0. The highest BCUT2D eigenvalue weighted by atomic mass is 19.3. The summed E-state index contributed by atoms with van der Waals surface area (Å²) in [5.41, 5.74) is 0.993.